The molecule has 7 heteroatoms. The lowest BCUT2D eigenvalue weighted by Crippen LogP contribution is -2.39. The molecule has 0 saturated carbocycles. The van der Waals surface area contributed by atoms with Crippen LogP contribution in [0.2, 0.25) is 0 Å². The van der Waals surface area contributed by atoms with E-state index in [1.54, 1.807) is 6.92 Å². The van der Waals surface area contributed by atoms with Crippen molar-refractivity contribution in [2.45, 2.75) is 51.1 Å². The van der Waals surface area contributed by atoms with Gasteiger partial charge in [0.25, 0.3) is 0 Å². The van der Waals surface area contributed by atoms with E-state index in [-0.39, 0.29) is 18.3 Å². The molecule has 0 radical (unpaired) electrons. The number of fused-ring (bicyclic) bond motifs is 2. The van der Waals surface area contributed by atoms with Gasteiger partial charge in [0.2, 0.25) is 17.6 Å². The Hall–Kier alpha value is -1.92. The van der Waals surface area contributed by atoms with Crippen molar-refractivity contribution in [3.63, 3.8) is 0 Å². The number of nitrogens with one attached hydrogen (secondary N) is 2. The van der Waals surface area contributed by atoms with Gasteiger partial charge in [0.05, 0.1) is 0 Å². The van der Waals surface area contributed by atoms with Gasteiger partial charge in [-0.25, -0.2) is 0 Å². The molecule has 6 nitrogen and oxygen atoms in total. The number of amides is 1. The summed E-state index contributed by atoms with van der Waals surface area (Å²) in [4.78, 5) is 16.6. The predicted octanol–water partition coefficient (Wildman–Crippen LogP) is 3.33. The molecule has 0 aliphatic carbocycles. The summed E-state index contributed by atoms with van der Waals surface area (Å²) in [7, 11) is 0. The zero-order valence-corrected chi connectivity index (χ0v) is 15.0. The Bertz CT molecular complexity index is 736. The van der Waals surface area contributed by atoms with E-state index in [2.05, 4.69) is 20.8 Å². The summed E-state index contributed by atoms with van der Waals surface area (Å²) in [5, 5.41) is 10.5. The lowest BCUT2D eigenvalue weighted by molar-refractivity contribution is -0.117. The number of hydrogen-bond donors (Lipinski definition) is 2. The Kier molecular flexibility index (Phi) is 5.39. The van der Waals surface area contributed by atoms with Gasteiger partial charge in [-0.15, -0.1) is 12.4 Å². The van der Waals surface area contributed by atoms with Crippen molar-refractivity contribution in [3.05, 3.63) is 30.2 Å². The van der Waals surface area contributed by atoms with Gasteiger partial charge >= 0.3 is 0 Å². The molecule has 3 heterocycles. The van der Waals surface area contributed by atoms with Crippen molar-refractivity contribution < 1.29 is 9.32 Å². The first-order chi connectivity index (χ1) is 11.7. The summed E-state index contributed by atoms with van der Waals surface area (Å²) < 4.78 is 5.01. The Morgan fingerprint density at radius 2 is 2.08 bits per heavy atom. The molecule has 25 heavy (non-hydrogen) atoms. The molecule has 2 unspecified atom stereocenters. The molecule has 134 valence electrons. The Morgan fingerprint density at radius 1 is 1.32 bits per heavy atom. The number of nitrogens with zero attached hydrogens (tertiary/aromatic N) is 2. The average molecular weight is 363 g/mol. The van der Waals surface area contributed by atoms with Crippen LogP contribution in [-0.2, 0) is 4.79 Å². The summed E-state index contributed by atoms with van der Waals surface area (Å²) in [5.41, 5.74) is 1.61. The van der Waals surface area contributed by atoms with E-state index >= 15 is 0 Å². The first-order valence-corrected chi connectivity index (χ1v) is 8.62. The highest BCUT2D eigenvalue weighted by Crippen LogP contribution is 2.32. The molecule has 1 amide bonds. The first kappa shape index (κ1) is 17.9. The molecule has 2 aliphatic heterocycles. The minimum atomic E-state index is 0. The van der Waals surface area contributed by atoms with Crippen molar-refractivity contribution in [1.29, 1.82) is 0 Å². The fourth-order valence-electron chi connectivity index (χ4n) is 3.97. The number of halogens is 1. The molecule has 2 bridgehead atoms. The van der Waals surface area contributed by atoms with Gasteiger partial charge in [0.15, 0.2) is 0 Å². The van der Waals surface area contributed by atoms with E-state index in [1.165, 1.54) is 12.8 Å². The molecule has 2 aromatic rings. The Labute approximate surface area is 153 Å². The van der Waals surface area contributed by atoms with E-state index in [1.807, 2.05) is 24.3 Å². The van der Waals surface area contributed by atoms with Crippen LogP contribution in [0.25, 0.3) is 11.4 Å². The second-order valence-corrected chi connectivity index (χ2v) is 6.95. The van der Waals surface area contributed by atoms with Gasteiger partial charge in [-0.05, 0) is 43.7 Å². The normalized spacial score (nSPS) is 24.6. The number of hydrogen-bond acceptors (Lipinski definition) is 5. The van der Waals surface area contributed by atoms with Crippen molar-refractivity contribution >= 4 is 24.0 Å². The fraction of sp³-hybridized carbons (Fsp3) is 0.500. The summed E-state index contributed by atoms with van der Waals surface area (Å²) in [6, 6.07) is 8.80. The number of anilines is 1. The van der Waals surface area contributed by atoms with Crippen LogP contribution in [-0.4, -0.2) is 28.1 Å². The van der Waals surface area contributed by atoms with E-state index in [0.29, 0.717) is 36.1 Å². The van der Waals surface area contributed by atoms with Crippen molar-refractivity contribution in [3.8, 4) is 11.4 Å². The summed E-state index contributed by atoms with van der Waals surface area (Å²) >= 11 is 0. The smallest absolute Gasteiger partial charge is 0.224 e. The number of piperidine rings is 1. The molecular weight excluding hydrogens is 340 g/mol. The van der Waals surface area contributed by atoms with E-state index in [0.717, 1.165) is 24.1 Å². The fourth-order valence-corrected chi connectivity index (χ4v) is 3.97. The van der Waals surface area contributed by atoms with Gasteiger partial charge in [-0.2, -0.15) is 4.98 Å². The number of carbonyl (C=O) groups excluding carboxylic acids is 1. The Balaban J connectivity index is 0.00000182. The van der Waals surface area contributed by atoms with Crippen LogP contribution >= 0.6 is 12.4 Å². The van der Waals surface area contributed by atoms with E-state index < -0.39 is 0 Å². The lowest BCUT2D eigenvalue weighted by Gasteiger charge is -2.28. The van der Waals surface area contributed by atoms with E-state index in [9.17, 15) is 4.79 Å². The zero-order chi connectivity index (χ0) is 16.5. The molecule has 1 aromatic carbocycles. The third-order valence-corrected chi connectivity index (χ3v) is 4.98. The van der Waals surface area contributed by atoms with Gasteiger partial charge in [-0.1, -0.05) is 17.3 Å². The first-order valence-electron chi connectivity index (χ1n) is 8.62. The standard InChI is InChI=1S/C18H22N4O2.ClH/c1-11-19-18(22-24-11)13-3-2-4-14(10-13)21-17(23)9-12-7-15-5-6-16(8-12)20-15;/h2-4,10,12,15-16,20H,5-9H2,1H3,(H,21,23);1H. The van der Waals surface area contributed by atoms with Crippen LogP contribution < -0.4 is 10.6 Å². The third-order valence-electron chi connectivity index (χ3n) is 4.98. The molecular formula is C18H23ClN4O2. The molecule has 2 aliphatic rings. The summed E-state index contributed by atoms with van der Waals surface area (Å²) in [6.07, 6.45) is 5.35. The molecule has 4 rings (SSSR count). The maximum absolute atomic E-state index is 12.4. The van der Waals surface area contributed by atoms with Crippen LogP contribution in [0, 0.1) is 12.8 Å². The minimum Gasteiger partial charge on any atom is -0.339 e. The second kappa shape index (κ2) is 7.54. The van der Waals surface area contributed by atoms with Crippen LogP contribution in [0.15, 0.2) is 28.8 Å². The van der Waals surface area contributed by atoms with Crippen molar-refractivity contribution in [2.24, 2.45) is 5.92 Å². The average Bonchev–Trinajstić information content (AvgIpc) is 3.13. The quantitative estimate of drug-likeness (QED) is 0.872. The van der Waals surface area contributed by atoms with Crippen LogP contribution in [0.1, 0.15) is 38.0 Å². The lowest BCUT2D eigenvalue weighted by atomic mass is 9.89. The third kappa shape index (κ3) is 4.19. The number of aromatic nitrogens is 2. The second-order valence-electron chi connectivity index (χ2n) is 6.95. The molecule has 2 fully saturated rings. The summed E-state index contributed by atoms with van der Waals surface area (Å²) in [5.74, 6) is 1.65. The molecule has 1 aromatic heterocycles. The van der Waals surface area contributed by atoms with Crippen molar-refractivity contribution in [1.82, 2.24) is 15.5 Å². The molecule has 2 atom stereocenters. The number of carbonyl (C=O) groups is 1. The predicted molar refractivity (Wildman–Crippen MR) is 97.6 cm³/mol. The van der Waals surface area contributed by atoms with Gasteiger partial charge in [0, 0.05) is 36.7 Å². The van der Waals surface area contributed by atoms with Gasteiger partial charge in [0.1, 0.15) is 0 Å². The van der Waals surface area contributed by atoms with Crippen LogP contribution in [0.4, 0.5) is 5.69 Å². The number of aryl methyl sites for hydroxylation is 1. The zero-order valence-electron chi connectivity index (χ0n) is 14.2. The topological polar surface area (TPSA) is 80.0 Å². The van der Waals surface area contributed by atoms with Crippen molar-refractivity contribution in [2.75, 3.05) is 5.32 Å². The summed E-state index contributed by atoms with van der Waals surface area (Å²) in [6.45, 7) is 1.76. The number of rotatable bonds is 4. The molecule has 2 saturated heterocycles. The maximum Gasteiger partial charge on any atom is 0.224 e. The van der Waals surface area contributed by atoms with Gasteiger partial charge in [-0.3, -0.25) is 4.79 Å². The monoisotopic (exact) mass is 362 g/mol. The molecule has 2 N–H and O–H groups in total. The molecule has 0 spiro atoms. The highest BCUT2D eigenvalue weighted by atomic mass is 35.5. The SMILES string of the molecule is Cc1nc(-c2cccc(NC(=O)CC3CC4CCC(C3)N4)c2)no1.Cl. The highest BCUT2D eigenvalue weighted by Gasteiger charge is 2.34. The van der Waals surface area contributed by atoms with Gasteiger partial charge < -0.3 is 15.2 Å². The largest absolute Gasteiger partial charge is 0.339 e. The maximum atomic E-state index is 12.4. The van der Waals surface area contributed by atoms with E-state index in [4.69, 9.17) is 4.52 Å². The highest BCUT2D eigenvalue weighted by molar-refractivity contribution is 5.91. The Morgan fingerprint density at radius 3 is 2.76 bits per heavy atom. The number of benzene rings is 1. The van der Waals surface area contributed by atoms with Crippen LogP contribution in [0.5, 0.6) is 0 Å². The minimum absolute atomic E-state index is 0. The van der Waals surface area contributed by atoms with Crippen LogP contribution in [0.3, 0.4) is 0 Å².